The van der Waals surface area contributed by atoms with E-state index in [1.807, 2.05) is 60.7 Å². The van der Waals surface area contributed by atoms with E-state index in [-0.39, 0.29) is 35.7 Å². The smallest absolute Gasteiger partial charge is 0.340 e. The summed E-state index contributed by atoms with van der Waals surface area (Å²) in [5, 5.41) is 11.0. The topological polar surface area (TPSA) is 102 Å². The summed E-state index contributed by atoms with van der Waals surface area (Å²) in [5.74, 6) is -0.562. The first-order chi connectivity index (χ1) is 19.1. The van der Waals surface area contributed by atoms with Crippen molar-refractivity contribution in [1.82, 2.24) is 0 Å². The average molecular weight is 561 g/mol. The first kappa shape index (κ1) is 30.4. The van der Waals surface area contributed by atoms with Gasteiger partial charge in [-0.15, -0.1) is 0 Å². The molecule has 0 amide bonds. The van der Waals surface area contributed by atoms with Crippen LogP contribution in [0.5, 0.6) is 11.5 Å². The second kappa shape index (κ2) is 16.7. The molecule has 0 radical (unpaired) electrons. The molecule has 3 rings (SSSR count). The number of aliphatic hydroxyl groups excluding tert-OH is 1. The van der Waals surface area contributed by atoms with Crippen molar-refractivity contribution in [1.29, 1.82) is 0 Å². The number of esters is 1. The van der Waals surface area contributed by atoms with Gasteiger partial charge >= 0.3 is 5.97 Å². The van der Waals surface area contributed by atoms with E-state index >= 15 is 0 Å². The Morgan fingerprint density at radius 2 is 1.31 bits per heavy atom. The van der Waals surface area contributed by atoms with Crippen LogP contribution in [-0.4, -0.2) is 65.3 Å². The molecule has 1 atom stereocenters. The van der Waals surface area contributed by atoms with Crippen molar-refractivity contribution in [3.05, 3.63) is 94.5 Å². The number of hydrogen-bond acceptors (Lipinski definition) is 9. The van der Waals surface area contributed by atoms with Gasteiger partial charge in [-0.2, -0.15) is 0 Å². The summed E-state index contributed by atoms with van der Waals surface area (Å²) in [5.41, 5.74) is 1.59. The summed E-state index contributed by atoms with van der Waals surface area (Å²) in [7, 11) is 3.12. The zero-order valence-corrected chi connectivity index (χ0v) is 22.7. The van der Waals surface area contributed by atoms with Crippen LogP contribution in [0.2, 0.25) is 5.02 Å². The molecule has 1 unspecified atom stereocenters. The monoisotopic (exact) mass is 560 g/mol. The summed E-state index contributed by atoms with van der Waals surface area (Å²) in [6.07, 6.45) is -2.43. The van der Waals surface area contributed by atoms with E-state index in [4.69, 9.17) is 44.8 Å². The van der Waals surface area contributed by atoms with Crippen LogP contribution in [0.25, 0.3) is 0 Å². The minimum atomic E-state index is -1.70. The van der Waals surface area contributed by atoms with Gasteiger partial charge in [-0.1, -0.05) is 78.3 Å². The quantitative estimate of drug-likeness (QED) is 0.143. The third-order valence-electron chi connectivity index (χ3n) is 5.50. The molecule has 0 saturated heterocycles. The highest BCUT2D eigenvalue weighted by Gasteiger charge is 2.29. The first-order valence-corrected chi connectivity index (χ1v) is 12.6. The van der Waals surface area contributed by atoms with Crippen molar-refractivity contribution in [2.45, 2.75) is 12.2 Å². The lowest BCUT2D eigenvalue weighted by Crippen LogP contribution is -2.20. The van der Waals surface area contributed by atoms with Crippen LogP contribution in [0.4, 0.5) is 0 Å². The Morgan fingerprint density at radius 1 is 0.769 bits per heavy atom. The molecule has 39 heavy (non-hydrogen) atoms. The van der Waals surface area contributed by atoms with E-state index in [2.05, 4.69) is 0 Å². The lowest BCUT2D eigenvalue weighted by molar-refractivity contribution is -0.158. The Bertz CT molecular complexity index is 1090. The number of methoxy groups -OCH3 is 2. The number of rotatable bonds is 17. The van der Waals surface area contributed by atoms with Crippen LogP contribution in [0.15, 0.2) is 72.8 Å². The fourth-order valence-electron chi connectivity index (χ4n) is 3.51. The molecule has 0 aliphatic carbocycles. The van der Waals surface area contributed by atoms with Gasteiger partial charge in [-0.05, 0) is 17.2 Å². The normalized spacial score (nSPS) is 11.8. The van der Waals surface area contributed by atoms with Gasteiger partial charge < -0.3 is 38.3 Å². The molecule has 0 spiro atoms. The van der Waals surface area contributed by atoms with Gasteiger partial charge in [0.05, 0.1) is 31.5 Å². The Balaban J connectivity index is 1.80. The molecule has 0 aliphatic rings. The van der Waals surface area contributed by atoms with Gasteiger partial charge in [0.1, 0.15) is 0 Å². The number of benzene rings is 3. The van der Waals surface area contributed by atoms with E-state index < -0.39 is 18.2 Å². The predicted octanol–water partition coefficient (Wildman–Crippen LogP) is 4.70. The summed E-state index contributed by atoms with van der Waals surface area (Å²) in [4.78, 5) is 13.2. The Labute approximate surface area is 233 Å². The fourth-order valence-corrected chi connectivity index (χ4v) is 3.83. The predicted molar refractivity (Wildman–Crippen MR) is 144 cm³/mol. The molecular weight excluding hydrogens is 528 g/mol. The maximum absolute atomic E-state index is 13.2. The van der Waals surface area contributed by atoms with Crippen molar-refractivity contribution < 1.29 is 43.1 Å². The summed E-state index contributed by atoms with van der Waals surface area (Å²) >= 11 is 6.61. The zero-order chi connectivity index (χ0) is 27.9. The molecule has 0 fully saturated rings. The molecule has 0 saturated carbocycles. The van der Waals surface area contributed by atoms with E-state index in [1.54, 1.807) is 14.2 Å². The molecule has 1 N–H and O–H groups in total. The molecular formula is C29H33ClO9. The highest BCUT2D eigenvalue weighted by atomic mass is 35.5. The van der Waals surface area contributed by atoms with Crippen molar-refractivity contribution in [3.8, 4) is 11.5 Å². The molecule has 0 aromatic heterocycles. The number of aliphatic hydroxyl groups is 1. The van der Waals surface area contributed by atoms with Crippen molar-refractivity contribution in [3.63, 3.8) is 0 Å². The van der Waals surface area contributed by atoms with Gasteiger partial charge in [-0.3, -0.25) is 0 Å². The summed E-state index contributed by atoms with van der Waals surface area (Å²) in [6.45, 7) is 1.13. The van der Waals surface area contributed by atoms with Crippen molar-refractivity contribution >= 4 is 17.6 Å². The molecule has 10 heteroatoms. The van der Waals surface area contributed by atoms with Gasteiger partial charge in [0.15, 0.2) is 37.3 Å². The average Bonchev–Trinajstić information content (AvgIpc) is 2.97. The minimum absolute atomic E-state index is 0.0276. The molecule has 3 aromatic carbocycles. The molecule has 9 nitrogen and oxygen atoms in total. The van der Waals surface area contributed by atoms with E-state index in [0.717, 1.165) is 11.1 Å². The van der Waals surface area contributed by atoms with Gasteiger partial charge in [-0.25, -0.2) is 4.79 Å². The first-order valence-electron chi connectivity index (χ1n) is 12.3. The second-order valence-electron chi connectivity index (χ2n) is 8.16. The highest BCUT2D eigenvalue weighted by molar-refractivity contribution is 6.33. The van der Waals surface area contributed by atoms with Crippen LogP contribution in [-0.2, 0) is 28.5 Å². The van der Waals surface area contributed by atoms with Gasteiger partial charge in [0, 0.05) is 19.8 Å². The lowest BCUT2D eigenvalue weighted by Gasteiger charge is -2.22. The van der Waals surface area contributed by atoms with E-state index in [1.165, 1.54) is 12.1 Å². The molecule has 210 valence electrons. The maximum atomic E-state index is 13.2. The number of ether oxygens (including phenoxy) is 7. The Morgan fingerprint density at radius 3 is 1.85 bits per heavy atom. The zero-order valence-electron chi connectivity index (χ0n) is 21.9. The minimum Gasteiger partial charge on any atom is -0.464 e. The SMILES string of the molecule is COCCOCOc1ccc(C(O)C(=O)OC(c2ccccc2)c2ccccc2)c(Cl)c1OCOCCOC. The van der Waals surface area contributed by atoms with Gasteiger partial charge in [0.25, 0.3) is 0 Å². The van der Waals surface area contributed by atoms with Crippen LogP contribution >= 0.6 is 11.6 Å². The lowest BCUT2D eigenvalue weighted by atomic mass is 10.0. The number of carbonyl (C=O) groups is 1. The summed E-state index contributed by atoms with van der Waals surface area (Å²) < 4.78 is 37.8. The van der Waals surface area contributed by atoms with Crippen LogP contribution in [0.3, 0.4) is 0 Å². The number of carbonyl (C=O) groups excluding carboxylic acids is 1. The third kappa shape index (κ3) is 9.21. The largest absolute Gasteiger partial charge is 0.464 e. The standard InChI is InChI=1S/C29H33ClO9/c1-33-15-17-35-19-37-24-14-13-23(25(30)28(24)38-20-36-18-16-34-2)26(31)29(32)39-27(21-9-5-3-6-10-21)22-11-7-4-8-12-22/h3-14,26-27,31H,15-20H2,1-2H3. The fraction of sp³-hybridized carbons (Fsp3) is 0.345. The second-order valence-corrected chi connectivity index (χ2v) is 8.54. The van der Waals surface area contributed by atoms with Crippen molar-refractivity contribution in [2.24, 2.45) is 0 Å². The Hall–Kier alpha value is -3.18. The van der Waals surface area contributed by atoms with Crippen LogP contribution in [0.1, 0.15) is 28.9 Å². The van der Waals surface area contributed by atoms with Crippen molar-refractivity contribution in [2.75, 3.05) is 54.2 Å². The number of halogens is 1. The van der Waals surface area contributed by atoms with Crippen LogP contribution in [0, 0.1) is 0 Å². The number of hydrogen-bond donors (Lipinski definition) is 1. The summed E-state index contributed by atoms with van der Waals surface area (Å²) in [6, 6.07) is 21.5. The highest BCUT2D eigenvalue weighted by Crippen LogP contribution is 2.41. The maximum Gasteiger partial charge on any atom is 0.340 e. The van der Waals surface area contributed by atoms with E-state index in [0.29, 0.717) is 26.4 Å². The van der Waals surface area contributed by atoms with Crippen LogP contribution < -0.4 is 9.47 Å². The molecule has 0 bridgehead atoms. The molecule has 0 heterocycles. The Kier molecular flexibility index (Phi) is 13.0. The molecule has 3 aromatic rings. The molecule has 0 aliphatic heterocycles. The van der Waals surface area contributed by atoms with E-state index in [9.17, 15) is 9.90 Å². The third-order valence-corrected chi connectivity index (χ3v) is 5.89. The van der Waals surface area contributed by atoms with Gasteiger partial charge in [0.2, 0.25) is 0 Å².